The zero-order valence-corrected chi connectivity index (χ0v) is 19.2. The molecule has 1 N–H and O–H groups in total. The third kappa shape index (κ3) is 11.2. The predicted molar refractivity (Wildman–Crippen MR) is 116 cm³/mol. The summed E-state index contributed by atoms with van der Waals surface area (Å²) in [7, 11) is 0. The van der Waals surface area contributed by atoms with Crippen molar-refractivity contribution in [1.82, 2.24) is 0 Å². The van der Waals surface area contributed by atoms with E-state index in [2.05, 4.69) is 6.92 Å². The first kappa shape index (κ1) is 26.8. The number of nitrogens with zero attached hydrogens (tertiary/aromatic N) is 1. The van der Waals surface area contributed by atoms with Gasteiger partial charge in [-0.05, 0) is 6.42 Å². The van der Waals surface area contributed by atoms with Gasteiger partial charge in [-0.1, -0.05) is 110 Å². The largest absolute Gasteiger partial charge is 0.397 e. The van der Waals surface area contributed by atoms with Crippen LogP contribution in [0.1, 0.15) is 135 Å². The van der Waals surface area contributed by atoms with Crippen molar-refractivity contribution < 1.29 is 29.2 Å². The van der Waals surface area contributed by atoms with Gasteiger partial charge >= 0.3 is 17.8 Å². The summed E-state index contributed by atoms with van der Waals surface area (Å²) in [6.45, 7) is 2.26. The molecule has 30 heavy (non-hydrogen) atoms. The summed E-state index contributed by atoms with van der Waals surface area (Å²) < 4.78 is 0. The Morgan fingerprint density at radius 1 is 0.700 bits per heavy atom. The number of hydrogen-bond acceptors (Lipinski definition) is 5. The topological polar surface area (TPSA) is 80.7 Å². The van der Waals surface area contributed by atoms with Crippen LogP contribution in [0.3, 0.4) is 0 Å². The van der Waals surface area contributed by atoms with Crippen LogP contribution < -0.4 is 0 Å². The maximum Gasteiger partial charge on any atom is 0.397 e. The minimum atomic E-state index is -1.79. The van der Waals surface area contributed by atoms with E-state index in [-0.39, 0.29) is 19.3 Å². The molecule has 1 heterocycles. The van der Waals surface area contributed by atoms with Gasteiger partial charge in [-0.25, -0.2) is 19.2 Å². The van der Waals surface area contributed by atoms with E-state index in [0.29, 0.717) is 6.42 Å². The van der Waals surface area contributed by atoms with Crippen LogP contribution in [0.2, 0.25) is 0 Å². The number of carbonyl (C=O) groups excluding carboxylic acids is 3. The Balaban J connectivity index is 1.83. The Kier molecular flexibility index (Phi) is 14.7. The number of carbonyl (C=O) groups is 3. The third-order valence-corrected chi connectivity index (χ3v) is 5.95. The van der Waals surface area contributed by atoms with Gasteiger partial charge in [0.1, 0.15) is 4.81 Å². The molecule has 0 aliphatic carbocycles. The Morgan fingerprint density at radius 3 is 1.40 bits per heavy atom. The molecule has 0 atom stereocenters. The number of unbranched alkanes of at least 4 members (excludes halogenated alkanes) is 16. The van der Waals surface area contributed by atoms with Gasteiger partial charge in [0, 0.05) is 0 Å². The van der Waals surface area contributed by atoms with Crippen LogP contribution in [-0.4, -0.2) is 27.8 Å². The van der Waals surface area contributed by atoms with E-state index in [1.807, 2.05) is 0 Å². The molecule has 0 bridgehead atoms. The summed E-state index contributed by atoms with van der Waals surface area (Å²) in [5.41, 5.74) is 0. The number of hydrogen-bond donors (Lipinski definition) is 1. The molecule has 0 unspecified atom stereocenters. The molecule has 0 spiro atoms. The van der Waals surface area contributed by atoms with Crippen molar-refractivity contribution in [1.29, 1.82) is 0 Å². The maximum atomic E-state index is 11.8. The maximum absolute atomic E-state index is 11.8. The monoisotopic (exact) mass is 426 g/mol. The summed E-state index contributed by atoms with van der Waals surface area (Å²) in [6.07, 6.45) is 21.5. The quantitative estimate of drug-likeness (QED) is 0.110. The zero-order chi connectivity index (χ0) is 22.1. The molecule has 174 valence electrons. The molecule has 1 fully saturated rings. The normalized spacial score (nSPS) is 15.7. The lowest BCUT2D eigenvalue weighted by molar-refractivity contribution is -1.12. The van der Waals surface area contributed by atoms with Crippen LogP contribution >= 0.6 is 0 Å². The van der Waals surface area contributed by atoms with Crippen molar-refractivity contribution >= 4 is 17.8 Å². The van der Waals surface area contributed by atoms with Gasteiger partial charge in [-0.2, -0.15) is 5.21 Å². The van der Waals surface area contributed by atoms with Crippen LogP contribution in [-0.2, 0) is 19.2 Å². The number of imide groups is 1. The van der Waals surface area contributed by atoms with E-state index in [9.17, 15) is 19.6 Å². The second-order valence-electron chi connectivity index (χ2n) is 8.73. The van der Waals surface area contributed by atoms with Crippen molar-refractivity contribution in [3.63, 3.8) is 0 Å². The molecule has 6 heteroatoms. The number of quaternary nitrogens is 1. The molecule has 0 aromatic heterocycles. The highest BCUT2D eigenvalue weighted by Crippen LogP contribution is 2.21. The zero-order valence-electron chi connectivity index (χ0n) is 19.2. The number of rotatable bonds is 19. The average molecular weight is 427 g/mol. The summed E-state index contributed by atoms with van der Waals surface area (Å²) in [5, 5.41) is 9.84. The van der Waals surface area contributed by atoms with Gasteiger partial charge < -0.3 is 0 Å². The van der Waals surface area contributed by atoms with Gasteiger partial charge in [-0.15, -0.1) is 0 Å². The lowest BCUT2D eigenvalue weighted by Crippen LogP contribution is -2.50. The van der Waals surface area contributed by atoms with E-state index >= 15 is 0 Å². The lowest BCUT2D eigenvalue weighted by Gasteiger charge is -2.15. The molecule has 1 rings (SSSR count). The summed E-state index contributed by atoms with van der Waals surface area (Å²) in [5.74, 6) is -2.23. The second-order valence-corrected chi connectivity index (χ2v) is 8.73. The van der Waals surface area contributed by atoms with Crippen molar-refractivity contribution in [2.24, 2.45) is 0 Å². The molecule has 1 aliphatic heterocycles. The van der Waals surface area contributed by atoms with E-state index in [1.54, 1.807) is 0 Å². The van der Waals surface area contributed by atoms with Gasteiger partial charge in [0.25, 0.3) is 0 Å². The number of hydroxylamine groups is 4. The molecule has 0 aromatic carbocycles. The Hall–Kier alpha value is -1.27. The van der Waals surface area contributed by atoms with Crippen LogP contribution in [0, 0.1) is 0 Å². The summed E-state index contributed by atoms with van der Waals surface area (Å²) in [6, 6.07) is 0. The second kappa shape index (κ2) is 16.4. The summed E-state index contributed by atoms with van der Waals surface area (Å²) >= 11 is 0. The smallest absolute Gasteiger partial charge is 0.245 e. The molecule has 2 amide bonds. The van der Waals surface area contributed by atoms with E-state index in [4.69, 9.17) is 4.84 Å². The molecule has 0 aromatic rings. The Labute approximate surface area is 182 Å². The highest BCUT2D eigenvalue weighted by atomic mass is 17.0. The van der Waals surface area contributed by atoms with E-state index < -0.39 is 22.6 Å². The third-order valence-electron chi connectivity index (χ3n) is 5.95. The average Bonchev–Trinajstić information content (AvgIpc) is 2.97. The highest BCUT2D eigenvalue weighted by molar-refractivity contribution is 5.91. The van der Waals surface area contributed by atoms with Crippen molar-refractivity contribution in [2.75, 3.05) is 0 Å². The van der Waals surface area contributed by atoms with E-state index in [0.717, 1.165) is 12.8 Å². The first-order valence-electron chi connectivity index (χ1n) is 12.4. The van der Waals surface area contributed by atoms with Crippen LogP contribution in [0.25, 0.3) is 0 Å². The van der Waals surface area contributed by atoms with Crippen molar-refractivity contribution in [2.45, 2.75) is 135 Å². The van der Waals surface area contributed by atoms with Gasteiger partial charge in [0.15, 0.2) is 0 Å². The fourth-order valence-electron chi connectivity index (χ4n) is 3.95. The van der Waals surface area contributed by atoms with Gasteiger partial charge in [0.05, 0.1) is 19.3 Å². The first-order valence-corrected chi connectivity index (χ1v) is 12.4. The van der Waals surface area contributed by atoms with Crippen molar-refractivity contribution in [3.05, 3.63) is 0 Å². The SMILES string of the molecule is CCCCCCCCCCCCCCCCCCCC(=O)O[N+]1(O)C(=O)CCC1=O. The standard InChI is InChI=1S/C24H44NO5/c1-2-3-4-5-6-7-8-9-10-11-12-13-14-15-16-17-18-19-24(28)30-25(29)22(26)20-21-23(25)27/h29H,2-21H2,1H3/q+1. The van der Waals surface area contributed by atoms with Gasteiger partial charge in [-0.3, -0.25) is 0 Å². The lowest BCUT2D eigenvalue weighted by atomic mass is 10.0. The molecule has 1 saturated heterocycles. The molecular weight excluding hydrogens is 382 g/mol. The van der Waals surface area contributed by atoms with Crippen molar-refractivity contribution in [3.8, 4) is 0 Å². The first-order chi connectivity index (χ1) is 14.5. The Morgan fingerprint density at radius 2 is 1.03 bits per heavy atom. The minimum absolute atomic E-state index is 0.0816. The predicted octanol–water partition coefficient (Wildman–Crippen LogP) is 6.54. The molecule has 0 saturated carbocycles. The fraction of sp³-hybridized carbons (Fsp3) is 0.875. The van der Waals surface area contributed by atoms with Crippen LogP contribution in [0.5, 0.6) is 0 Å². The fourth-order valence-corrected chi connectivity index (χ4v) is 3.95. The Bertz CT molecular complexity index is 490. The van der Waals surface area contributed by atoms with Gasteiger partial charge in [0.2, 0.25) is 0 Å². The molecule has 0 radical (unpaired) electrons. The molecule has 1 aliphatic rings. The van der Waals surface area contributed by atoms with Crippen LogP contribution in [0.4, 0.5) is 0 Å². The minimum Gasteiger partial charge on any atom is -0.245 e. The highest BCUT2D eigenvalue weighted by Gasteiger charge is 2.55. The van der Waals surface area contributed by atoms with Crippen LogP contribution in [0.15, 0.2) is 0 Å². The number of amides is 2. The summed E-state index contributed by atoms with van der Waals surface area (Å²) in [4.78, 5) is 37.7. The van der Waals surface area contributed by atoms with E-state index in [1.165, 1.54) is 89.9 Å². The molecule has 6 nitrogen and oxygen atoms in total. The molecular formula is C24H44NO5+.